The second kappa shape index (κ2) is 4.63. The highest BCUT2D eigenvalue weighted by Gasteiger charge is 2.24. The minimum absolute atomic E-state index is 0.134. The first kappa shape index (κ1) is 12.9. The van der Waals surface area contributed by atoms with E-state index in [0.717, 1.165) is 11.4 Å². The van der Waals surface area contributed by atoms with Crippen LogP contribution in [-0.2, 0) is 0 Å². The zero-order chi connectivity index (χ0) is 14.2. The summed E-state index contributed by atoms with van der Waals surface area (Å²) in [5, 5.41) is 18.2. The van der Waals surface area contributed by atoms with Crippen molar-refractivity contribution in [2.45, 2.75) is 20.8 Å². The van der Waals surface area contributed by atoms with Crippen LogP contribution in [0, 0.1) is 30.9 Å². The molecule has 0 fully saturated rings. The maximum Gasteiger partial charge on any atom is 0.334 e. The number of anilines is 1. The van der Waals surface area contributed by atoms with Gasteiger partial charge in [0.05, 0.1) is 10.6 Å². The van der Waals surface area contributed by atoms with E-state index in [1.165, 1.54) is 4.68 Å². The molecule has 0 spiro atoms. The summed E-state index contributed by atoms with van der Waals surface area (Å²) in [6, 6.07) is 1.83. The summed E-state index contributed by atoms with van der Waals surface area (Å²) < 4.78 is 1.46. The predicted molar refractivity (Wildman–Crippen MR) is 69.6 cm³/mol. The summed E-state index contributed by atoms with van der Waals surface area (Å²) in [6.45, 7) is 5.22. The highest BCUT2D eigenvalue weighted by Crippen LogP contribution is 2.26. The smallest absolute Gasteiger partial charge is 0.334 e. The third-order valence-corrected chi connectivity index (χ3v) is 2.66. The first-order valence-electron chi connectivity index (χ1n) is 5.68. The Morgan fingerprint density at radius 2 is 2.00 bits per heavy atom. The second-order valence-electron chi connectivity index (χ2n) is 4.15. The van der Waals surface area contributed by atoms with Crippen molar-refractivity contribution in [1.29, 1.82) is 0 Å². The van der Waals surface area contributed by atoms with E-state index >= 15 is 0 Å². The fourth-order valence-corrected chi connectivity index (χ4v) is 1.87. The monoisotopic (exact) mass is 262 g/mol. The molecule has 8 nitrogen and oxygen atoms in total. The number of aromatic nitrogens is 4. The fourth-order valence-electron chi connectivity index (χ4n) is 1.87. The molecule has 1 N–H and O–H groups in total. The third kappa shape index (κ3) is 2.24. The molecule has 100 valence electrons. The Kier molecular flexibility index (Phi) is 3.16. The van der Waals surface area contributed by atoms with Gasteiger partial charge in [-0.25, -0.2) is 9.67 Å². The molecule has 0 radical (unpaired) electrons. The predicted octanol–water partition coefficient (Wildman–Crippen LogP) is 1.54. The normalized spacial score (nSPS) is 10.5. The Bertz CT molecular complexity index is 649. The van der Waals surface area contributed by atoms with Gasteiger partial charge in [0.25, 0.3) is 0 Å². The number of hydrogen-bond donors (Lipinski definition) is 1. The molecule has 2 heterocycles. The molecular formula is C11H14N6O2. The minimum atomic E-state index is -0.486. The first-order chi connectivity index (χ1) is 8.93. The Morgan fingerprint density at radius 3 is 2.47 bits per heavy atom. The highest BCUT2D eigenvalue weighted by atomic mass is 16.6. The Labute approximate surface area is 109 Å². The van der Waals surface area contributed by atoms with Gasteiger partial charge in [0, 0.05) is 12.7 Å². The fraction of sp³-hybridized carbons (Fsp3) is 0.364. The van der Waals surface area contributed by atoms with Crippen LogP contribution < -0.4 is 5.32 Å². The molecule has 0 saturated heterocycles. The first-order valence-corrected chi connectivity index (χ1v) is 5.68. The number of nitrogens with one attached hydrogen (secondary N) is 1. The molecule has 2 aromatic heterocycles. The van der Waals surface area contributed by atoms with Crippen molar-refractivity contribution >= 4 is 11.6 Å². The molecule has 0 aliphatic carbocycles. The summed E-state index contributed by atoms with van der Waals surface area (Å²) in [5.74, 6) is 0.498. The maximum atomic E-state index is 11.2. The number of hydrogen-bond acceptors (Lipinski definition) is 6. The Hall–Kier alpha value is -2.51. The van der Waals surface area contributed by atoms with E-state index in [1.807, 2.05) is 19.9 Å². The van der Waals surface area contributed by atoms with Crippen LogP contribution in [0.25, 0.3) is 5.82 Å². The molecule has 8 heteroatoms. The van der Waals surface area contributed by atoms with Crippen molar-refractivity contribution in [2.75, 3.05) is 12.4 Å². The van der Waals surface area contributed by atoms with Crippen molar-refractivity contribution in [2.24, 2.45) is 0 Å². The van der Waals surface area contributed by atoms with E-state index in [-0.39, 0.29) is 11.5 Å². The average molecular weight is 262 g/mol. The molecule has 0 aliphatic heterocycles. The molecule has 0 unspecified atom stereocenters. The van der Waals surface area contributed by atoms with Crippen LogP contribution in [0.3, 0.4) is 0 Å². The molecule has 0 atom stereocenters. The van der Waals surface area contributed by atoms with Crippen LogP contribution in [0.5, 0.6) is 0 Å². The molecule has 0 aliphatic rings. The van der Waals surface area contributed by atoms with Crippen molar-refractivity contribution in [3.63, 3.8) is 0 Å². The van der Waals surface area contributed by atoms with E-state index in [9.17, 15) is 10.1 Å². The van der Waals surface area contributed by atoms with Crippen LogP contribution in [0.1, 0.15) is 17.1 Å². The van der Waals surface area contributed by atoms with Crippen molar-refractivity contribution < 1.29 is 4.92 Å². The van der Waals surface area contributed by atoms with Crippen LogP contribution in [0.2, 0.25) is 0 Å². The minimum Gasteiger partial charge on any atom is -0.357 e. The van der Waals surface area contributed by atoms with Crippen molar-refractivity contribution in [3.05, 3.63) is 33.3 Å². The van der Waals surface area contributed by atoms with Gasteiger partial charge in [0.1, 0.15) is 5.69 Å². The quantitative estimate of drug-likeness (QED) is 0.665. The Morgan fingerprint density at radius 1 is 1.32 bits per heavy atom. The zero-order valence-corrected chi connectivity index (χ0v) is 11.1. The van der Waals surface area contributed by atoms with Gasteiger partial charge in [0.15, 0.2) is 0 Å². The lowest BCUT2D eigenvalue weighted by molar-refractivity contribution is -0.385. The molecule has 0 bridgehead atoms. The zero-order valence-electron chi connectivity index (χ0n) is 11.1. The molecule has 19 heavy (non-hydrogen) atoms. The molecule has 0 amide bonds. The summed E-state index contributed by atoms with van der Waals surface area (Å²) in [6.07, 6.45) is 0. The summed E-state index contributed by atoms with van der Waals surface area (Å²) in [7, 11) is 1.66. The van der Waals surface area contributed by atoms with Crippen LogP contribution in [-0.4, -0.2) is 31.7 Å². The van der Waals surface area contributed by atoms with Gasteiger partial charge in [-0.05, 0) is 26.8 Å². The molecule has 2 aromatic rings. The lowest BCUT2D eigenvalue weighted by atomic mass is 10.3. The number of rotatable bonds is 3. The second-order valence-corrected chi connectivity index (χ2v) is 4.15. The van der Waals surface area contributed by atoms with Gasteiger partial charge in [-0.15, -0.1) is 0 Å². The molecule has 2 rings (SSSR count). The number of nitro groups is 1. The average Bonchev–Trinajstić information content (AvgIpc) is 2.66. The standard InChI is InChI=1S/C11H14N6O2/c1-6-5-7(2)16(15-6)10-9(17(18)19)8(3)13-11(12-4)14-10/h5H,1-4H3,(H,12,13,14). The lowest BCUT2D eigenvalue weighted by Gasteiger charge is -2.08. The maximum absolute atomic E-state index is 11.2. The van der Waals surface area contributed by atoms with E-state index in [2.05, 4.69) is 20.4 Å². The van der Waals surface area contributed by atoms with Crippen LogP contribution in [0.4, 0.5) is 11.6 Å². The topological polar surface area (TPSA) is 98.8 Å². The number of aryl methyl sites for hydroxylation is 3. The van der Waals surface area contributed by atoms with Crippen LogP contribution in [0.15, 0.2) is 6.07 Å². The van der Waals surface area contributed by atoms with Gasteiger partial charge in [-0.1, -0.05) is 0 Å². The molecule has 0 aromatic carbocycles. The van der Waals surface area contributed by atoms with Gasteiger partial charge in [-0.2, -0.15) is 10.1 Å². The van der Waals surface area contributed by atoms with Gasteiger partial charge in [0.2, 0.25) is 11.8 Å². The highest BCUT2D eigenvalue weighted by molar-refractivity contribution is 5.53. The van der Waals surface area contributed by atoms with Crippen LogP contribution >= 0.6 is 0 Å². The molecular weight excluding hydrogens is 248 g/mol. The third-order valence-electron chi connectivity index (χ3n) is 2.66. The Balaban J connectivity index is 2.76. The summed E-state index contributed by atoms with van der Waals surface area (Å²) in [5.41, 5.74) is 1.71. The lowest BCUT2D eigenvalue weighted by Crippen LogP contribution is -2.11. The SMILES string of the molecule is CNc1nc(C)c([N+](=O)[O-])c(-n2nc(C)cc2C)n1. The van der Waals surface area contributed by atoms with E-state index in [0.29, 0.717) is 11.6 Å². The van der Waals surface area contributed by atoms with Gasteiger partial charge < -0.3 is 5.32 Å². The summed E-state index contributed by atoms with van der Waals surface area (Å²) >= 11 is 0. The van der Waals surface area contributed by atoms with Crippen molar-refractivity contribution in [3.8, 4) is 5.82 Å². The number of nitrogens with zero attached hydrogens (tertiary/aromatic N) is 5. The van der Waals surface area contributed by atoms with Gasteiger partial charge in [-0.3, -0.25) is 10.1 Å². The van der Waals surface area contributed by atoms with Crippen molar-refractivity contribution in [1.82, 2.24) is 19.7 Å². The molecule has 0 saturated carbocycles. The largest absolute Gasteiger partial charge is 0.357 e. The van der Waals surface area contributed by atoms with Gasteiger partial charge >= 0.3 is 5.69 Å². The van der Waals surface area contributed by atoms with E-state index in [4.69, 9.17) is 0 Å². The van der Waals surface area contributed by atoms with E-state index < -0.39 is 4.92 Å². The van der Waals surface area contributed by atoms with E-state index in [1.54, 1.807) is 14.0 Å². The summed E-state index contributed by atoms with van der Waals surface area (Å²) in [4.78, 5) is 18.9.